The Balaban J connectivity index is 2.98. The lowest BCUT2D eigenvalue weighted by Crippen LogP contribution is -2.40. The number of aromatic nitrogens is 1. The van der Waals surface area contributed by atoms with E-state index in [4.69, 9.17) is 4.74 Å². The largest absolute Gasteiger partial charge is 0.443 e. The summed E-state index contributed by atoms with van der Waals surface area (Å²) in [5.41, 5.74) is -0.188. The van der Waals surface area contributed by atoms with Crippen molar-refractivity contribution >= 4 is 23.8 Å². The van der Waals surface area contributed by atoms with Gasteiger partial charge >= 0.3 is 6.09 Å². The molecule has 0 aliphatic heterocycles. The average molecular weight is 326 g/mol. The Morgan fingerprint density at radius 2 is 2.00 bits per heavy atom. The van der Waals surface area contributed by atoms with E-state index in [0.717, 1.165) is 4.90 Å². The summed E-state index contributed by atoms with van der Waals surface area (Å²) in [5, 5.41) is 0. The van der Waals surface area contributed by atoms with Crippen LogP contribution in [0, 0.1) is 0 Å². The molecule has 0 bridgehead atoms. The van der Waals surface area contributed by atoms with Gasteiger partial charge in [0.25, 0.3) is 6.43 Å². The van der Waals surface area contributed by atoms with E-state index < -0.39 is 24.7 Å². The van der Waals surface area contributed by atoms with Crippen LogP contribution in [0.3, 0.4) is 0 Å². The molecule has 1 aromatic heterocycles. The molecule has 7 heteroatoms. The molecule has 0 aromatic carbocycles. The highest BCUT2D eigenvalue weighted by atomic mass is 19.3. The van der Waals surface area contributed by atoms with E-state index in [0.29, 0.717) is 5.56 Å². The molecule has 1 amide bonds. The lowest BCUT2D eigenvalue weighted by Gasteiger charge is -2.26. The SMILES string of the molecule is CC(=O)/C=C/c1ccc(N(CC(F)F)C(=O)OC(C)(C)C)nc1. The first-order valence-corrected chi connectivity index (χ1v) is 7.02. The van der Waals surface area contributed by atoms with Crippen LogP contribution in [0.15, 0.2) is 24.4 Å². The summed E-state index contributed by atoms with van der Waals surface area (Å²) in [6.07, 6.45) is 0.683. The second kappa shape index (κ2) is 7.80. The summed E-state index contributed by atoms with van der Waals surface area (Å²) in [5.74, 6) is -0.0679. The van der Waals surface area contributed by atoms with Gasteiger partial charge in [-0.05, 0) is 57.5 Å². The van der Waals surface area contributed by atoms with Gasteiger partial charge in [-0.25, -0.2) is 18.6 Å². The third-order valence-electron chi connectivity index (χ3n) is 2.49. The van der Waals surface area contributed by atoms with Gasteiger partial charge in [0.2, 0.25) is 0 Å². The van der Waals surface area contributed by atoms with E-state index in [1.165, 1.54) is 25.3 Å². The number of carbonyl (C=O) groups excluding carboxylic acids is 2. The first-order chi connectivity index (χ1) is 10.6. The highest BCUT2D eigenvalue weighted by Crippen LogP contribution is 2.18. The van der Waals surface area contributed by atoms with Crippen LogP contribution in [0.5, 0.6) is 0 Å². The van der Waals surface area contributed by atoms with Gasteiger partial charge < -0.3 is 4.74 Å². The molecule has 5 nitrogen and oxygen atoms in total. The van der Waals surface area contributed by atoms with E-state index in [1.54, 1.807) is 32.9 Å². The molecular weight excluding hydrogens is 306 g/mol. The number of halogens is 2. The molecule has 0 spiro atoms. The minimum atomic E-state index is -2.72. The van der Waals surface area contributed by atoms with Crippen molar-refractivity contribution in [1.82, 2.24) is 4.98 Å². The second-order valence-corrected chi connectivity index (χ2v) is 5.88. The van der Waals surface area contributed by atoms with Crippen LogP contribution in [-0.2, 0) is 9.53 Å². The smallest absolute Gasteiger partial charge is 0.416 e. The molecule has 0 radical (unpaired) electrons. The lowest BCUT2D eigenvalue weighted by molar-refractivity contribution is -0.112. The maximum atomic E-state index is 12.7. The average Bonchev–Trinajstić information content (AvgIpc) is 2.41. The van der Waals surface area contributed by atoms with E-state index in [-0.39, 0.29) is 11.6 Å². The van der Waals surface area contributed by atoms with Crippen molar-refractivity contribution in [2.45, 2.75) is 39.7 Å². The first-order valence-electron chi connectivity index (χ1n) is 7.02. The number of allylic oxidation sites excluding steroid dienone is 1. The van der Waals surface area contributed by atoms with Gasteiger partial charge in [-0.3, -0.25) is 9.69 Å². The van der Waals surface area contributed by atoms with E-state index in [1.807, 2.05) is 0 Å². The number of amides is 1. The molecule has 0 atom stereocenters. The van der Waals surface area contributed by atoms with Crippen LogP contribution in [0.4, 0.5) is 19.4 Å². The maximum absolute atomic E-state index is 12.7. The third-order valence-corrected chi connectivity index (χ3v) is 2.49. The normalized spacial score (nSPS) is 11.8. The number of hydrogen-bond acceptors (Lipinski definition) is 4. The Bertz CT molecular complexity index is 578. The Hall–Kier alpha value is -2.31. The van der Waals surface area contributed by atoms with Crippen LogP contribution in [0.25, 0.3) is 6.08 Å². The molecule has 0 saturated carbocycles. The number of nitrogens with zero attached hydrogens (tertiary/aromatic N) is 2. The zero-order valence-corrected chi connectivity index (χ0v) is 13.5. The molecule has 126 valence electrons. The van der Waals surface area contributed by atoms with E-state index in [2.05, 4.69) is 4.98 Å². The molecule has 23 heavy (non-hydrogen) atoms. The summed E-state index contributed by atoms with van der Waals surface area (Å²) < 4.78 is 30.6. The quantitative estimate of drug-likeness (QED) is 0.774. The third kappa shape index (κ3) is 6.99. The number of pyridine rings is 1. The van der Waals surface area contributed by atoms with E-state index in [9.17, 15) is 18.4 Å². The zero-order valence-electron chi connectivity index (χ0n) is 13.5. The number of alkyl halides is 2. The summed E-state index contributed by atoms with van der Waals surface area (Å²) in [4.78, 5) is 27.7. The Kier molecular flexibility index (Phi) is 6.36. The van der Waals surface area contributed by atoms with E-state index >= 15 is 0 Å². The maximum Gasteiger partial charge on any atom is 0.416 e. The van der Waals surface area contributed by atoms with Crippen molar-refractivity contribution in [3.8, 4) is 0 Å². The predicted molar refractivity (Wildman–Crippen MR) is 83.5 cm³/mol. The molecule has 0 aliphatic rings. The van der Waals surface area contributed by atoms with Crippen molar-refractivity contribution in [3.63, 3.8) is 0 Å². The summed E-state index contributed by atoms with van der Waals surface area (Å²) in [6.45, 7) is 5.54. The van der Waals surface area contributed by atoms with Gasteiger partial charge in [-0.2, -0.15) is 0 Å². The van der Waals surface area contributed by atoms with Gasteiger partial charge in [-0.15, -0.1) is 0 Å². The second-order valence-electron chi connectivity index (χ2n) is 5.88. The predicted octanol–water partition coefficient (Wildman–Crippen LogP) is 3.69. The van der Waals surface area contributed by atoms with Crippen LogP contribution >= 0.6 is 0 Å². The minimum absolute atomic E-state index is 0.0551. The van der Waals surface area contributed by atoms with Crippen molar-refractivity contribution in [2.24, 2.45) is 0 Å². The number of ether oxygens (including phenoxy) is 1. The zero-order chi connectivity index (χ0) is 17.6. The van der Waals surface area contributed by atoms with Crippen molar-refractivity contribution in [1.29, 1.82) is 0 Å². The number of carbonyl (C=O) groups is 2. The highest BCUT2D eigenvalue weighted by Gasteiger charge is 2.26. The van der Waals surface area contributed by atoms with Gasteiger partial charge in [0.15, 0.2) is 5.78 Å². The van der Waals surface area contributed by atoms with Gasteiger partial charge in [0.05, 0.1) is 6.54 Å². The van der Waals surface area contributed by atoms with Crippen LogP contribution in [0.1, 0.15) is 33.3 Å². The molecular formula is C16H20F2N2O3. The van der Waals surface area contributed by atoms with Crippen LogP contribution < -0.4 is 4.90 Å². The number of ketones is 1. The molecule has 0 unspecified atom stereocenters. The van der Waals surface area contributed by atoms with Crippen molar-refractivity contribution < 1.29 is 23.1 Å². The van der Waals surface area contributed by atoms with Gasteiger partial charge in [0, 0.05) is 6.20 Å². The molecule has 0 aliphatic carbocycles. The standard InChI is InChI=1S/C16H20F2N2O3/c1-11(21)5-6-12-7-8-14(19-9-12)20(10-13(17)18)15(22)23-16(2,3)4/h5-9,13H,10H2,1-4H3/b6-5+. The topological polar surface area (TPSA) is 59.5 Å². The molecule has 1 heterocycles. The summed E-state index contributed by atoms with van der Waals surface area (Å²) >= 11 is 0. The molecule has 0 fully saturated rings. The fourth-order valence-corrected chi connectivity index (χ4v) is 1.59. The van der Waals surface area contributed by atoms with Gasteiger partial charge in [0.1, 0.15) is 11.4 Å². The number of hydrogen-bond donors (Lipinski definition) is 0. The number of anilines is 1. The van der Waals surface area contributed by atoms with Gasteiger partial charge in [-0.1, -0.05) is 0 Å². The molecule has 1 aromatic rings. The van der Waals surface area contributed by atoms with Crippen molar-refractivity contribution in [3.05, 3.63) is 30.0 Å². The summed E-state index contributed by atoms with van der Waals surface area (Å²) in [7, 11) is 0. The fourth-order valence-electron chi connectivity index (χ4n) is 1.59. The Morgan fingerprint density at radius 3 is 2.43 bits per heavy atom. The Labute approximate surface area is 134 Å². The Morgan fingerprint density at radius 1 is 1.35 bits per heavy atom. The van der Waals surface area contributed by atoms with Crippen molar-refractivity contribution in [2.75, 3.05) is 11.4 Å². The fraction of sp³-hybridized carbons (Fsp3) is 0.438. The molecule has 0 N–H and O–H groups in total. The molecule has 1 rings (SSSR count). The minimum Gasteiger partial charge on any atom is -0.443 e. The number of rotatable bonds is 5. The highest BCUT2D eigenvalue weighted by molar-refractivity contribution is 5.91. The van der Waals surface area contributed by atoms with Crippen LogP contribution in [0.2, 0.25) is 0 Å². The summed E-state index contributed by atoms with van der Waals surface area (Å²) in [6, 6.07) is 3.00. The molecule has 0 saturated heterocycles. The van der Waals surface area contributed by atoms with Crippen LogP contribution in [-0.4, -0.2) is 35.4 Å². The first kappa shape index (κ1) is 18.7. The lowest BCUT2D eigenvalue weighted by atomic mass is 10.2. The monoisotopic (exact) mass is 326 g/mol.